The van der Waals surface area contributed by atoms with Gasteiger partial charge < -0.3 is 19.5 Å². The Balaban J connectivity index is 1.61. The van der Waals surface area contributed by atoms with Gasteiger partial charge >= 0.3 is 0 Å². The number of rotatable bonds is 5. The summed E-state index contributed by atoms with van der Waals surface area (Å²) in [6.45, 7) is 0. The lowest BCUT2D eigenvalue weighted by Crippen LogP contribution is -2.32. The fourth-order valence-electron chi connectivity index (χ4n) is 4.80. The molecule has 1 N–H and O–H groups in total. The van der Waals surface area contributed by atoms with E-state index in [4.69, 9.17) is 24.3 Å². The Hall–Kier alpha value is -3.98. The number of nitrogens with zero attached hydrogens (tertiary/aromatic N) is 3. The standard InChI is InChI=1S/C27H23FN4O3S/c1-33-20-13-10-16(14-21(20)34-2)25-22-23(18-6-4-5-7-19(18)35-25)29-26-30-27(36-3)31-32(26)24(22)15-8-11-17(28)12-9-15/h4-14,24-25H,1-3H3,(H,29,30,31)/t24-,25+/m1/s1. The van der Waals surface area contributed by atoms with Crippen molar-refractivity contribution in [3.8, 4) is 17.2 Å². The molecule has 0 amide bonds. The highest BCUT2D eigenvalue weighted by atomic mass is 32.2. The van der Waals surface area contributed by atoms with Gasteiger partial charge in [0.15, 0.2) is 11.5 Å². The van der Waals surface area contributed by atoms with Crippen LogP contribution in [0.5, 0.6) is 17.2 Å². The molecule has 182 valence electrons. The molecular weight excluding hydrogens is 479 g/mol. The highest BCUT2D eigenvalue weighted by molar-refractivity contribution is 7.98. The molecule has 0 fully saturated rings. The Kier molecular flexibility index (Phi) is 5.56. The van der Waals surface area contributed by atoms with Crippen LogP contribution in [0.1, 0.15) is 28.8 Å². The van der Waals surface area contributed by atoms with E-state index in [0.717, 1.165) is 33.7 Å². The number of anilines is 1. The van der Waals surface area contributed by atoms with Gasteiger partial charge in [0.05, 0.1) is 19.9 Å². The molecule has 3 heterocycles. The summed E-state index contributed by atoms with van der Waals surface area (Å²) in [6.07, 6.45) is 1.46. The van der Waals surface area contributed by atoms with Crippen LogP contribution in [0.15, 0.2) is 77.5 Å². The van der Waals surface area contributed by atoms with Gasteiger partial charge in [-0.15, -0.1) is 5.10 Å². The van der Waals surface area contributed by atoms with Crippen LogP contribution in [0.3, 0.4) is 0 Å². The summed E-state index contributed by atoms with van der Waals surface area (Å²) in [5.74, 6) is 2.31. The van der Waals surface area contributed by atoms with E-state index < -0.39 is 6.10 Å². The van der Waals surface area contributed by atoms with Crippen molar-refractivity contribution in [2.45, 2.75) is 17.3 Å². The summed E-state index contributed by atoms with van der Waals surface area (Å²) in [6, 6.07) is 19.8. The molecule has 2 atom stereocenters. The van der Waals surface area contributed by atoms with E-state index in [1.165, 1.54) is 23.9 Å². The van der Waals surface area contributed by atoms with E-state index in [-0.39, 0.29) is 11.9 Å². The Morgan fingerprint density at radius 3 is 2.47 bits per heavy atom. The average molecular weight is 503 g/mol. The van der Waals surface area contributed by atoms with Crippen molar-refractivity contribution >= 4 is 23.4 Å². The normalized spacial score (nSPS) is 17.9. The van der Waals surface area contributed by atoms with Crippen molar-refractivity contribution in [1.82, 2.24) is 14.8 Å². The minimum atomic E-state index is -0.479. The summed E-state index contributed by atoms with van der Waals surface area (Å²) < 4.78 is 33.5. The Labute approximate surface area is 211 Å². The number of halogens is 1. The fourth-order valence-corrected chi connectivity index (χ4v) is 5.15. The Bertz CT molecular complexity index is 1480. The highest BCUT2D eigenvalue weighted by Crippen LogP contribution is 2.51. The molecule has 0 radical (unpaired) electrons. The molecule has 0 bridgehead atoms. The van der Waals surface area contributed by atoms with Gasteiger partial charge in [-0.2, -0.15) is 4.98 Å². The zero-order valence-corrected chi connectivity index (χ0v) is 20.7. The molecule has 7 nitrogen and oxygen atoms in total. The van der Waals surface area contributed by atoms with Gasteiger partial charge in [-0.25, -0.2) is 9.07 Å². The van der Waals surface area contributed by atoms with Gasteiger partial charge in [-0.1, -0.05) is 42.1 Å². The van der Waals surface area contributed by atoms with Crippen LogP contribution < -0.4 is 19.5 Å². The summed E-state index contributed by atoms with van der Waals surface area (Å²) in [5, 5.41) is 8.92. The summed E-state index contributed by atoms with van der Waals surface area (Å²) in [4.78, 5) is 4.69. The first kappa shape index (κ1) is 22.5. The quantitative estimate of drug-likeness (QED) is 0.350. The first-order valence-electron chi connectivity index (χ1n) is 11.4. The van der Waals surface area contributed by atoms with Crippen molar-refractivity contribution < 1.29 is 18.6 Å². The molecule has 0 aliphatic carbocycles. The van der Waals surface area contributed by atoms with Crippen LogP contribution in [0.4, 0.5) is 10.3 Å². The van der Waals surface area contributed by atoms with Crippen LogP contribution in [-0.2, 0) is 0 Å². The minimum Gasteiger partial charge on any atom is -0.493 e. The van der Waals surface area contributed by atoms with E-state index in [2.05, 4.69) is 5.32 Å². The van der Waals surface area contributed by atoms with Crippen molar-refractivity contribution in [3.63, 3.8) is 0 Å². The van der Waals surface area contributed by atoms with Gasteiger partial charge in [0.2, 0.25) is 11.1 Å². The highest BCUT2D eigenvalue weighted by Gasteiger charge is 2.41. The number of fused-ring (bicyclic) bond motifs is 3. The molecule has 0 spiro atoms. The maximum absolute atomic E-state index is 13.9. The molecule has 0 saturated carbocycles. The van der Waals surface area contributed by atoms with Crippen LogP contribution in [-0.4, -0.2) is 35.2 Å². The largest absolute Gasteiger partial charge is 0.493 e. The monoisotopic (exact) mass is 502 g/mol. The van der Waals surface area contributed by atoms with Gasteiger partial charge in [-0.05, 0) is 48.2 Å². The van der Waals surface area contributed by atoms with Crippen molar-refractivity contribution in [1.29, 1.82) is 0 Å². The molecule has 6 rings (SSSR count). The van der Waals surface area contributed by atoms with Crippen molar-refractivity contribution in [3.05, 3.63) is 94.8 Å². The van der Waals surface area contributed by atoms with Crippen molar-refractivity contribution in [2.24, 2.45) is 0 Å². The zero-order chi connectivity index (χ0) is 24.8. The van der Waals surface area contributed by atoms with Gasteiger partial charge in [0.25, 0.3) is 0 Å². The second-order valence-corrected chi connectivity index (χ2v) is 9.16. The summed E-state index contributed by atoms with van der Waals surface area (Å²) in [7, 11) is 3.22. The SMILES string of the molecule is COc1ccc([C@@H]2Oc3ccccc3C3=C2[C@@H](c2ccc(F)cc2)n2nc(SC)nc2N3)cc1OC. The average Bonchev–Trinajstić information content (AvgIpc) is 3.34. The predicted octanol–water partition coefficient (Wildman–Crippen LogP) is 5.72. The van der Waals surface area contributed by atoms with Crippen LogP contribution in [0.25, 0.3) is 5.70 Å². The molecule has 2 aliphatic heterocycles. The number of methoxy groups -OCH3 is 2. The lowest BCUT2D eigenvalue weighted by molar-refractivity contribution is 0.222. The molecular formula is C27H23FN4O3S. The molecule has 0 saturated heterocycles. The van der Waals surface area contributed by atoms with E-state index >= 15 is 0 Å². The lowest BCUT2D eigenvalue weighted by Gasteiger charge is -2.39. The smallest absolute Gasteiger partial charge is 0.227 e. The zero-order valence-electron chi connectivity index (χ0n) is 19.9. The van der Waals surface area contributed by atoms with Crippen LogP contribution in [0, 0.1) is 5.82 Å². The van der Waals surface area contributed by atoms with E-state index in [1.54, 1.807) is 26.4 Å². The summed E-state index contributed by atoms with van der Waals surface area (Å²) >= 11 is 1.46. The number of aromatic nitrogens is 3. The summed E-state index contributed by atoms with van der Waals surface area (Å²) in [5.41, 5.74) is 4.53. The van der Waals surface area contributed by atoms with Gasteiger partial charge in [-0.3, -0.25) is 0 Å². The molecule has 0 unspecified atom stereocenters. The minimum absolute atomic E-state index is 0.299. The van der Waals surface area contributed by atoms with Crippen molar-refractivity contribution in [2.75, 3.05) is 25.8 Å². The van der Waals surface area contributed by atoms with Crippen LogP contribution >= 0.6 is 11.8 Å². The Morgan fingerprint density at radius 1 is 0.972 bits per heavy atom. The third-order valence-electron chi connectivity index (χ3n) is 6.44. The van der Waals surface area contributed by atoms with Crippen LogP contribution in [0.2, 0.25) is 0 Å². The number of nitrogens with one attached hydrogen (secondary N) is 1. The maximum atomic E-state index is 13.9. The van der Waals surface area contributed by atoms with E-state index in [1.807, 2.05) is 53.4 Å². The number of ether oxygens (including phenoxy) is 3. The molecule has 3 aromatic carbocycles. The second kappa shape index (κ2) is 8.91. The first-order valence-corrected chi connectivity index (χ1v) is 12.6. The molecule has 36 heavy (non-hydrogen) atoms. The number of para-hydroxylation sites is 1. The molecule has 9 heteroatoms. The molecule has 2 aliphatic rings. The second-order valence-electron chi connectivity index (χ2n) is 8.38. The van der Waals surface area contributed by atoms with E-state index in [0.29, 0.717) is 22.6 Å². The third-order valence-corrected chi connectivity index (χ3v) is 6.98. The predicted molar refractivity (Wildman–Crippen MR) is 136 cm³/mol. The number of hydrogen-bond acceptors (Lipinski definition) is 7. The molecule has 1 aromatic heterocycles. The third kappa shape index (κ3) is 3.58. The lowest BCUT2D eigenvalue weighted by atomic mass is 9.84. The fraction of sp³-hybridized carbons (Fsp3) is 0.185. The number of thioether (sulfide) groups is 1. The van der Waals surface area contributed by atoms with E-state index in [9.17, 15) is 4.39 Å². The molecule has 4 aromatic rings. The first-order chi connectivity index (χ1) is 17.6. The number of benzene rings is 3. The number of hydrogen-bond donors (Lipinski definition) is 1. The Morgan fingerprint density at radius 2 is 1.72 bits per heavy atom. The van der Waals surface area contributed by atoms with Gasteiger partial charge in [0, 0.05) is 16.7 Å². The van der Waals surface area contributed by atoms with Gasteiger partial charge in [0.1, 0.15) is 23.7 Å². The topological polar surface area (TPSA) is 70.4 Å². The maximum Gasteiger partial charge on any atom is 0.227 e.